The van der Waals surface area contributed by atoms with Crippen LogP contribution in [0.15, 0.2) is 30.3 Å². The van der Waals surface area contributed by atoms with Crippen molar-refractivity contribution >= 4 is 23.2 Å². The zero-order valence-electron chi connectivity index (χ0n) is 11.5. The van der Waals surface area contributed by atoms with E-state index in [4.69, 9.17) is 0 Å². The SMILES string of the molecule is CN(C=O)CC(=O)N1CCn2c(cc3ccccc32)C1. The zero-order chi connectivity index (χ0) is 14.1. The lowest BCUT2D eigenvalue weighted by atomic mass is 10.2. The molecule has 1 aliphatic rings. The Labute approximate surface area is 117 Å². The molecule has 1 aliphatic heterocycles. The summed E-state index contributed by atoms with van der Waals surface area (Å²) in [5, 5.41) is 1.21. The van der Waals surface area contributed by atoms with Crippen LogP contribution in [0, 0.1) is 0 Å². The zero-order valence-corrected chi connectivity index (χ0v) is 11.5. The third-order valence-corrected chi connectivity index (χ3v) is 3.76. The second kappa shape index (κ2) is 5.00. The highest BCUT2D eigenvalue weighted by Crippen LogP contribution is 2.23. The van der Waals surface area contributed by atoms with Gasteiger partial charge in [-0.3, -0.25) is 9.59 Å². The van der Waals surface area contributed by atoms with Crippen LogP contribution in [0.5, 0.6) is 0 Å². The summed E-state index contributed by atoms with van der Waals surface area (Å²) in [7, 11) is 1.62. The van der Waals surface area contributed by atoms with E-state index in [1.165, 1.54) is 15.8 Å². The van der Waals surface area contributed by atoms with Crippen molar-refractivity contribution in [3.63, 3.8) is 0 Å². The molecule has 2 amide bonds. The number of rotatable bonds is 3. The van der Waals surface area contributed by atoms with Gasteiger partial charge in [-0.25, -0.2) is 0 Å². The van der Waals surface area contributed by atoms with E-state index in [2.05, 4.69) is 22.8 Å². The maximum Gasteiger partial charge on any atom is 0.242 e. The standard InChI is InChI=1S/C15H17N3O2/c1-16(11-19)10-15(20)17-6-7-18-13(9-17)8-12-4-2-3-5-14(12)18/h2-5,8,11H,6-7,9-10H2,1H3. The molecule has 0 spiro atoms. The summed E-state index contributed by atoms with van der Waals surface area (Å²) < 4.78 is 2.27. The van der Waals surface area contributed by atoms with Gasteiger partial charge in [0.2, 0.25) is 12.3 Å². The molecule has 1 aromatic carbocycles. The van der Waals surface area contributed by atoms with Gasteiger partial charge in [0.05, 0.1) is 13.1 Å². The molecule has 20 heavy (non-hydrogen) atoms. The number of hydrogen-bond acceptors (Lipinski definition) is 2. The van der Waals surface area contributed by atoms with E-state index in [0.717, 1.165) is 12.2 Å². The average Bonchev–Trinajstić information content (AvgIpc) is 2.84. The van der Waals surface area contributed by atoms with Crippen molar-refractivity contribution in [3.05, 3.63) is 36.0 Å². The summed E-state index contributed by atoms with van der Waals surface area (Å²) in [5.41, 5.74) is 2.37. The fraction of sp³-hybridized carbons (Fsp3) is 0.333. The van der Waals surface area contributed by atoms with Crippen molar-refractivity contribution < 1.29 is 9.59 Å². The van der Waals surface area contributed by atoms with Crippen LogP contribution in [0.25, 0.3) is 10.9 Å². The molecule has 1 aromatic heterocycles. The molecule has 0 fully saturated rings. The highest BCUT2D eigenvalue weighted by molar-refractivity contribution is 5.83. The summed E-state index contributed by atoms with van der Waals surface area (Å²) in [6.07, 6.45) is 0.679. The minimum absolute atomic E-state index is 0.00361. The first-order valence-electron chi connectivity index (χ1n) is 6.69. The van der Waals surface area contributed by atoms with E-state index < -0.39 is 0 Å². The van der Waals surface area contributed by atoms with Gasteiger partial charge < -0.3 is 14.4 Å². The molecule has 0 N–H and O–H groups in total. The maximum absolute atomic E-state index is 12.1. The van der Waals surface area contributed by atoms with Crippen molar-refractivity contribution in [3.8, 4) is 0 Å². The third kappa shape index (κ3) is 2.15. The van der Waals surface area contributed by atoms with E-state index in [0.29, 0.717) is 19.5 Å². The predicted molar refractivity (Wildman–Crippen MR) is 76.0 cm³/mol. The highest BCUT2D eigenvalue weighted by Gasteiger charge is 2.22. The third-order valence-electron chi connectivity index (χ3n) is 3.76. The van der Waals surface area contributed by atoms with E-state index in [1.807, 2.05) is 17.0 Å². The Balaban J connectivity index is 1.82. The molecular weight excluding hydrogens is 254 g/mol. The molecule has 0 radical (unpaired) electrons. The Morgan fingerprint density at radius 2 is 2.15 bits per heavy atom. The molecule has 0 atom stereocenters. The summed E-state index contributed by atoms with van der Waals surface area (Å²) in [6, 6.07) is 10.4. The quantitative estimate of drug-likeness (QED) is 0.784. The summed E-state index contributed by atoms with van der Waals surface area (Å²) in [5.74, 6) is -0.00361. The molecule has 104 valence electrons. The summed E-state index contributed by atoms with van der Waals surface area (Å²) in [6.45, 7) is 2.25. The number of aromatic nitrogens is 1. The Kier molecular flexibility index (Phi) is 3.18. The molecule has 5 nitrogen and oxygen atoms in total. The molecule has 0 unspecified atom stereocenters. The van der Waals surface area contributed by atoms with Crippen LogP contribution in [-0.2, 0) is 22.7 Å². The number of fused-ring (bicyclic) bond motifs is 3. The molecule has 5 heteroatoms. The molecule has 0 aliphatic carbocycles. The number of likely N-dealkylation sites (N-methyl/N-ethyl adjacent to an activating group) is 1. The lowest BCUT2D eigenvalue weighted by molar-refractivity contribution is -0.136. The Hall–Kier alpha value is -2.30. The maximum atomic E-state index is 12.1. The van der Waals surface area contributed by atoms with Gasteiger partial charge >= 0.3 is 0 Å². The second-order valence-electron chi connectivity index (χ2n) is 5.18. The van der Waals surface area contributed by atoms with Crippen LogP contribution in [0.2, 0.25) is 0 Å². The molecule has 2 aromatic rings. The molecule has 0 saturated heterocycles. The predicted octanol–water partition coefficient (Wildman–Crippen LogP) is 1.07. The number of para-hydroxylation sites is 1. The topological polar surface area (TPSA) is 45.6 Å². The monoisotopic (exact) mass is 271 g/mol. The van der Waals surface area contributed by atoms with Crippen LogP contribution < -0.4 is 0 Å². The van der Waals surface area contributed by atoms with Gasteiger partial charge in [0.15, 0.2) is 0 Å². The van der Waals surface area contributed by atoms with Crippen molar-refractivity contribution in [2.24, 2.45) is 0 Å². The first-order chi connectivity index (χ1) is 9.69. The summed E-state index contributed by atoms with van der Waals surface area (Å²) in [4.78, 5) is 25.9. The van der Waals surface area contributed by atoms with Crippen LogP contribution in [0.3, 0.4) is 0 Å². The highest BCUT2D eigenvalue weighted by atomic mass is 16.2. The molecule has 0 saturated carbocycles. The van der Waals surface area contributed by atoms with Crippen LogP contribution >= 0.6 is 0 Å². The minimum atomic E-state index is -0.00361. The fourth-order valence-electron chi connectivity index (χ4n) is 2.72. The van der Waals surface area contributed by atoms with Crippen LogP contribution in [0.1, 0.15) is 5.69 Å². The second-order valence-corrected chi connectivity index (χ2v) is 5.18. The molecule has 2 heterocycles. The van der Waals surface area contributed by atoms with Gasteiger partial charge in [-0.1, -0.05) is 18.2 Å². The van der Waals surface area contributed by atoms with Crippen LogP contribution in [-0.4, -0.2) is 46.8 Å². The first-order valence-corrected chi connectivity index (χ1v) is 6.69. The van der Waals surface area contributed by atoms with E-state index in [9.17, 15) is 9.59 Å². The lowest BCUT2D eigenvalue weighted by Crippen LogP contribution is -2.42. The van der Waals surface area contributed by atoms with Crippen molar-refractivity contribution in [2.75, 3.05) is 20.1 Å². The molecule has 0 bridgehead atoms. The van der Waals surface area contributed by atoms with Gasteiger partial charge in [-0.2, -0.15) is 0 Å². The van der Waals surface area contributed by atoms with Gasteiger partial charge in [0.25, 0.3) is 0 Å². The van der Waals surface area contributed by atoms with Crippen molar-refractivity contribution in [1.29, 1.82) is 0 Å². The normalized spacial score (nSPS) is 14.2. The van der Waals surface area contributed by atoms with Gasteiger partial charge in [0, 0.05) is 31.3 Å². The fourth-order valence-corrected chi connectivity index (χ4v) is 2.72. The number of nitrogens with zero attached hydrogens (tertiary/aromatic N) is 3. The van der Waals surface area contributed by atoms with E-state index in [1.54, 1.807) is 7.05 Å². The Bertz CT molecular complexity index is 662. The van der Waals surface area contributed by atoms with Crippen molar-refractivity contribution in [1.82, 2.24) is 14.4 Å². The molecular formula is C15H17N3O2. The Morgan fingerprint density at radius 1 is 1.35 bits per heavy atom. The van der Waals surface area contributed by atoms with Gasteiger partial charge in [0.1, 0.15) is 0 Å². The smallest absolute Gasteiger partial charge is 0.242 e. The average molecular weight is 271 g/mol. The number of carbonyl (C=O) groups excluding carboxylic acids is 2. The number of benzene rings is 1. The van der Waals surface area contributed by atoms with Crippen LogP contribution in [0.4, 0.5) is 0 Å². The first kappa shape index (κ1) is 12.7. The minimum Gasteiger partial charge on any atom is -0.341 e. The Morgan fingerprint density at radius 3 is 2.95 bits per heavy atom. The van der Waals surface area contributed by atoms with Crippen molar-refractivity contribution in [2.45, 2.75) is 13.1 Å². The largest absolute Gasteiger partial charge is 0.341 e. The lowest BCUT2D eigenvalue weighted by Gasteiger charge is -2.30. The number of hydrogen-bond donors (Lipinski definition) is 0. The molecule has 3 rings (SSSR count). The van der Waals surface area contributed by atoms with Gasteiger partial charge in [-0.05, 0) is 17.5 Å². The van der Waals surface area contributed by atoms with E-state index in [-0.39, 0.29) is 12.5 Å². The van der Waals surface area contributed by atoms with Gasteiger partial charge in [-0.15, -0.1) is 0 Å². The number of amides is 2. The van der Waals surface area contributed by atoms with E-state index >= 15 is 0 Å². The summed E-state index contributed by atoms with van der Waals surface area (Å²) >= 11 is 0. The number of carbonyl (C=O) groups is 2.